The van der Waals surface area contributed by atoms with E-state index in [4.69, 9.17) is 11.0 Å². The fourth-order valence-electron chi connectivity index (χ4n) is 1.19. The van der Waals surface area contributed by atoms with Crippen molar-refractivity contribution in [3.05, 3.63) is 35.6 Å². The first-order chi connectivity index (χ1) is 6.49. The first-order valence-corrected chi connectivity index (χ1v) is 4.40. The van der Waals surface area contributed by atoms with Gasteiger partial charge < -0.3 is 5.73 Å². The highest BCUT2D eigenvalue weighted by Gasteiger charge is 2.29. The molecule has 2 nitrogen and oxygen atoms in total. The van der Waals surface area contributed by atoms with Gasteiger partial charge in [0.2, 0.25) is 0 Å². The number of nitriles is 1. The fraction of sp³-hybridized carbons (Fsp3) is 0.364. The monoisotopic (exact) mass is 192 g/mol. The molecule has 0 aliphatic carbocycles. The van der Waals surface area contributed by atoms with Crippen molar-refractivity contribution in [1.82, 2.24) is 0 Å². The van der Waals surface area contributed by atoms with Gasteiger partial charge in [-0.05, 0) is 19.9 Å². The summed E-state index contributed by atoms with van der Waals surface area (Å²) >= 11 is 0. The number of halogens is 1. The molecule has 0 heterocycles. The molecule has 74 valence electrons. The number of hydrogen-bond donors (Lipinski definition) is 1. The molecule has 1 unspecified atom stereocenters. The second-order valence-electron chi connectivity index (χ2n) is 3.83. The van der Waals surface area contributed by atoms with E-state index in [1.807, 2.05) is 0 Å². The first-order valence-electron chi connectivity index (χ1n) is 4.40. The van der Waals surface area contributed by atoms with Crippen molar-refractivity contribution >= 4 is 0 Å². The summed E-state index contributed by atoms with van der Waals surface area (Å²) < 4.78 is 13.3. The van der Waals surface area contributed by atoms with Gasteiger partial charge in [0.1, 0.15) is 5.82 Å². The number of rotatable bonds is 2. The summed E-state index contributed by atoms with van der Waals surface area (Å²) in [5.74, 6) is -0.358. The Hall–Kier alpha value is -1.40. The first kappa shape index (κ1) is 10.7. The van der Waals surface area contributed by atoms with Crippen LogP contribution in [0.3, 0.4) is 0 Å². The Balaban J connectivity index is 3.08. The lowest BCUT2D eigenvalue weighted by atomic mass is 9.82. The molecule has 0 spiro atoms. The molecule has 0 saturated carbocycles. The van der Waals surface area contributed by atoms with Gasteiger partial charge in [-0.3, -0.25) is 0 Å². The lowest BCUT2D eigenvalue weighted by Gasteiger charge is -2.24. The van der Waals surface area contributed by atoms with Gasteiger partial charge in [0.25, 0.3) is 0 Å². The summed E-state index contributed by atoms with van der Waals surface area (Å²) in [6.45, 7) is 3.40. The van der Waals surface area contributed by atoms with Crippen LogP contribution in [0.25, 0.3) is 0 Å². The highest BCUT2D eigenvalue weighted by atomic mass is 19.1. The van der Waals surface area contributed by atoms with Gasteiger partial charge in [-0.2, -0.15) is 5.26 Å². The molecule has 14 heavy (non-hydrogen) atoms. The molecule has 1 atom stereocenters. The molecular formula is C11H13FN2. The van der Waals surface area contributed by atoms with Crippen LogP contribution in [0, 0.1) is 22.6 Å². The van der Waals surface area contributed by atoms with Gasteiger partial charge in [0.05, 0.1) is 17.5 Å². The van der Waals surface area contributed by atoms with Gasteiger partial charge >= 0.3 is 0 Å². The van der Waals surface area contributed by atoms with E-state index in [9.17, 15) is 4.39 Å². The molecule has 0 amide bonds. The minimum atomic E-state index is -0.762. The van der Waals surface area contributed by atoms with Crippen molar-refractivity contribution in [1.29, 1.82) is 5.26 Å². The maximum atomic E-state index is 13.3. The van der Waals surface area contributed by atoms with Gasteiger partial charge in [-0.25, -0.2) is 4.39 Å². The van der Waals surface area contributed by atoms with Crippen molar-refractivity contribution < 1.29 is 4.39 Å². The van der Waals surface area contributed by atoms with Gasteiger partial charge in [-0.1, -0.05) is 18.2 Å². The van der Waals surface area contributed by atoms with Crippen LogP contribution in [0.2, 0.25) is 0 Å². The maximum absolute atomic E-state index is 13.3. The van der Waals surface area contributed by atoms with E-state index in [2.05, 4.69) is 6.07 Å². The average molecular weight is 192 g/mol. The number of nitrogens with two attached hydrogens (primary N) is 1. The molecule has 2 N–H and O–H groups in total. The summed E-state index contributed by atoms with van der Waals surface area (Å²) in [6.07, 6.45) is 0. The Morgan fingerprint density at radius 1 is 1.43 bits per heavy atom. The third-order valence-electron chi connectivity index (χ3n) is 2.31. The topological polar surface area (TPSA) is 49.8 Å². The highest BCUT2D eigenvalue weighted by Crippen LogP contribution is 2.31. The molecule has 0 aliphatic heterocycles. The van der Waals surface area contributed by atoms with Crippen LogP contribution in [-0.2, 0) is 0 Å². The Bertz CT molecular complexity index is 366. The summed E-state index contributed by atoms with van der Waals surface area (Å²) in [5, 5.41) is 8.86. The predicted molar refractivity (Wildman–Crippen MR) is 52.7 cm³/mol. The van der Waals surface area contributed by atoms with Gasteiger partial charge in [-0.15, -0.1) is 0 Å². The largest absolute Gasteiger partial charge is 0.323 e. The molecule has 0 saturated heterocycles. The van der Waals surface area contributed by atoms with Crippen LogP contribution in [0.1, 0.15) is 25.5 Å². The van der Waals surface area contributed by atoms with Crippen LogP contribution >= 0.6 is 0 Å². The summed E-state index contributed by atoms with van der Waals surface area (Å²) in [4.78, 5) is 0. The third-order valence-corrected chi connectivity index (χ3v) is 2.31. The summed E-state index contributed by atoms with van der Waals surface area (Å²) in [6, 6.07) is 7.75. The molecule has 0 aliphatic rings. The van der Waals surface area contributed by atoms with E-state index >= 15 is 0 Å². The number of nitrogens with zero attached hydrogens (tertiary/aromatic N) is 1. The number of benzene rings is 1. The minimum Gasteiger partial charge on any atom is -0.323 e. The van der Waals surface area contributed by atoms with E-state index in [1.165, 1.54) is 6.07 Å². The minimum absolute atomic E-state index is 0.358. The lowest BCUT2D eigenvalue weighted by molar-refractivity contribution is 0.381. The SMILES string of the molecule is CC(C)(C#N)C(N)c1ccccc1F. The Morgan fingerprint density at radius 3 is 2.50 bits per heavy atom. The molecule has 3 heteroatoms. The van der Waals surface area contributed by atoms with Crippen molar-refractivity contribution in [3.63, 3.8) is 0 Å². The summed E-state index contributed by atoms with van der Waals surface area (Å²) in [7, 11) is 0. The molecule has 1 aromatic rings. The number of hydrogen-bond acceptors (Lipinski definition) is 2. The van der Waals surface area contributed by atoms with Crippen molar-refractivity contribution in [2.75, 3.05) is 0 Å². The average Bonchev–Trinajstić information content (AvgIpc) is 2.17. The zero-order chi connectivity index (χ0) is 10.8. The third kappa shape index (κ3) is 1.91. The molecule has 1 rings (SSSR count). The molecule has 0 aromatic heterocycles. The van der Waals surface area contributed by atoms with Crippen LogP contribution < -0.4 is 5.73 Å². The quantitative estimate of drug-likeness (QED) is 0.782. The van der Waals surface area contributed by atoms with Gasteiger partial charge in [0, 0.05) is 5.56 Å². The fourth-order valence-corrected chi connectivity index (χ4v) is 1.19. The van der Waals surface area contributed by atoms with E-state index < -0.39 is 11.5 Å². The molecule has 1 aromatic carbocycles. The predicted octanol–water partition coefficient (Wildman–Crippen LogP) is 2.38. The lowest BCUT2D eigenvalue weighted by Crippen LogP contribution is -2.28. The second kappa shape index (κ2) is 3.77. The Labute approximate surface area is 83.2 Å². The van der Waals surface area contributed by atoms with Crippen LogP contribution in [0.15, 0.2) is 24.3 Å². The standard InChI is InChI=1S/C11H13FN2/c1-11(2,7-13)10(14)8-5-3-4-6-9(8)12/h3-6,10H,14H2,1-2H3. The van der Waals surface area contributed by atoms with Crippen LogP contribution in [0.4, 0.5) is 4.39 Å². The highest BCUT2D eigenvalue weighted by molar-refractivity contribution is 5.24. The zero-order valence-corrected chi connectivity index (χ0v) is 8.29. The normalized spacial score (nSPS) is 13.4. The van der Waals surface area contributed by atoms with Crippen LogP contribution in [-0.4, -0.2) is 0 Å². The van der Waals surface area contributed by atoms with E-state index in [0.29, 0.717) is 5.56 Å². The molecule has 0 radical (unpaired) electrons. The van der Waals surface area contributed by atoms with Crippen molar-refractivity contribution in [3.8, 4) is 6.07 Å². The van der Waals surface area contributed by atoms with E-state index in [1.54, 1.807) is 32.0 Å². The molecule has 0 bridgehead atoms. The smallest absolute Gasteiger partial charge is 0.128 e. The summed E-state index contributed by atoms with van der Waals surface area (Å²) in [5.41, 5.74) is 5.45. The second-order valence-corrected chi connectivity index (χ2v) is 3.83. The molecule has 0 fully saturated rings. The van der Waals surface area contributed by atoms with Crippen molar-refractivity contribution in [2.45, 2.75) is 19.9 Å². The Kier molecular flexibility index (Phi) is 2.87. The molecular weight excluding hydrogens is 179 g/mol. The Morgan fingerprint density at radius 2 is 2.00 bits per heavy atom. The zero-order valence-electron chi connectivity index (χ0n) is 8.29. The van der Waals surface area contributed by atoms with E-state index in [-0.39, 0.29) is 5.82 Å². The van der Waals surface area contributed by atoms with E-state index in [0.717, 1.165) is 0 Å². The van der Waals surface area contributed by atoms with Gasteiger partial charge in [0.15, 0.2) is 0 Å². The maximum Gasteiger partial charge on any atom is 0.128 e. The van der Waals surface area contributed by atoms with Crippen molar-refractivity contribution in [2.24, 2.45) is 11.1 Å². The van der Waals surface area contributed by atoms with Crippen LogP contribution in [0.5, 0.6) is 0 Å².